The molecule has 0 aliphatic rings. The summed E-state index contributed by atoms with van der Waals surface area (Å²) in [6.45, 7) is 3.96. The number of rotatable bonds is 4. The van der Waals surface area contributed by atoms with E-state index in [9.17, 15) is 4.39 Å². The van der Waals surface area contributed by atoms with Gasteiger partial charge in [-0.1, -0.05) is 23.7 Å². The molecular formula is C15H16ClFN2. The minimum absolute atomic E-state index is 0.184. The average Bonchev–Trinajstić information content (AvgIpc) is 2.33. The van der Waals surface area contributed by atoms with Crippen LogP contribution in [0.3, 0.4) is 0 Å². The summed E-state index contributed by atoms with van der Waals surface area (Å²) in [5, 5.41) is 3.85. The van der Waals surface area contributed by atoms with Crippen molar-refractivity contribution in [1.29, 1.82) is 0 Å². The quantitative estimate of drug-likeness (QED) is 0.847. The van der Waals surface area contributed by atoms with Crippen LogP contribution in [0.2, 0.25) is 5.15 Å². The van der Waals surface area contributed by atoms with Crippen LogP contribution >= 0.6 is 11.6 Å². The Bertz CT molecular complexity index is 572. The second-order valence-corrected chi connectivity index (χ2v) is 5.03. The third-order valence-corrected chi connectivity index (χ3v) is 3.10. The van der Waals surface area contributed by atoms with Crippen molar-refractivity contribution in [3.8, 4) is 0 Å². The first-order chi connectivity index (χ1) is 9.04. The number of benzene rings is 1. The second-order valence-electron chi connectivity index (χ2n) is 4.65. The number of hydrogen-bond acceptors (Lipinski definition) is 2. The van der Waals surface area contributed by atoms with E-state index in [0.29, 0.717) is 5.15 Å². The highest BCUT2D eigenvalue weighted by molar-refractivity contribution is 6.29. The highest BCUT2D eigenvalue weighted by atomic mass is 35.5. The Morgan fingerprint density at radius 2 is 2.11 bits per heavy atom. The maximum Gasteiger partial charge on any atom is 0.129 e. The third-order valence-electron chi connectivity index (χ3n) is 2.88. The highest BCUT2D eigenvalue weighted by Crippen LogP contribution is 2.17. The van der Waals surface area contributed by atoms with Crippen molar-refractivity contribution in [2.24, 2.45) is 0 Å². The monoisotopic (exact) mass is 278 g/mol. The second kappa shape index (κ2) is 6.02. The normalized spacial score (nSPS) is 12.2. The SMILES string of the molecule is Cc1nc(Cl)ccc1NC(C)Cc1cccc(F)c1. The largest absolute Gasteiger partial charge is 0.381 e. The van der Waals surface area contributed by atoms with Gasteiger partial charge >= 0.3 is 0 Å². The number of halogens is 2. The van der Waals surface area contributed by atoms with Gasteiger partial charge < -0.3 is 5.32 Å². The number of aromatic nitrogens is 1. The number of anilines is 1. The lowest BCUT2D eigenvalue weighted by Crippen LogP contribution is -2.19. The molecule has 0 bridgehead atoms. The Morgan fingerprint density at radius 1 is 1.32 bits per heavy atom. The van der Waals surface area contributed by atoms with Crippen LogP contribution in [0.1, 0.15) is 18.2 Å². The molecule has 2 rings (SSSR count). The first kappa shape index (κ1) is 13.8. The van der Waals surface area contributed by atoms with E-state index in [1.807, 2.05) is 19.1 Å². The Balaban J connectivity index is 2.03. The number of nitrogens with zero attached hydrogens (tertiary/aromatic N) is 1. The van der Waals surface area contributed by atoms with Crippen LogP contribution in [0.15, 0.2) is 36.4 Å². The summed E-state index contributed by atoms with van der Waals surface area (Å²) in [5.74, 6) is -0.200. The molecule has 0 saturated heterocycles. The van der Waals surface area contributed by atoms with Gasteiger partial charge in [0.1, 0.15) is 11.0 Å². The Labute approximate surface area is 117 Å². The van der Waals surface area contributed by atoms with Gasteiger partial charge in [-0.05, 0) is 50.1 Å². The molecule has 1 atom stereocenters. The minimum Gasteiger partial charge on any atom is -0.381 e. The van der Waals surface area contributed by atoms with E-state index in [4.69, 9.17) is 11.6 Å². The van der Waals surface area contributed by atoms with Crippen molar-refractivity contribution in [2.75, 3.05) is 5.32 Å². The summed E-state index contributed by atoms with van der Waals surface area (Å²) in [5.41, 5.74) is 2.78. The fourth-order valence-corrected chi connectivity index (χ4v) is 2.21. The molecule has 1 aromatic carbocycles. The molecule has 2 nitrogen and oxygen atoms in total. The van der Waals surface area contributed by atoms with Crippen molar-refractivity contribution >= 4 is 17.3 Å². The van der Waals surface area contributed by atoms with Gasteiger partial charge in [-0.3, -0.25) is 0 Å². The van der Waals surface area contributed by atoms with Crippen LogP contribution in [-0.2, 0) is 6.42 Å². The molecule has 1 heterocycles. The van der Waals surface area contributed by atoms with Crippen LogP contribution in [-0.4, -0.2) is 11.0 Å². The van der Waals surface area contributed by atoms with Gasteiger partial charge in [0.05, 0.1) is 11.4 Å². The summed E-state index contributed by atoms with van der Waals surface area (Å²) in [6.07, 6.45) is 0.750. The fourth-order valence-electron chi connectivity index (χ4n) is 2.02. The maximum atomic E-state index is 13.1. The van der Waals surface area contributed by atoms with Crippen LogP contribution < -0.4 is 5.32 Å². The van der Waals surface area contributed by atoms with Crippen molar-refractivity contribution in [3.05, 3.63) is 58.6 Å². The predicted octanol–water partition coefficient (Wildman–Crippen LogP) is 4.23. The Kier molecular flexibility index (Phi) is 4.38. The topological polar surface area (TPSA) is 24.9 Å². The molecule has 100 valence electrons. The van der Waals surface area contributed by atoms with E-state index in [1.165, 1.54) is 6.07 Å². The van der Waals surface area contributed by atoms with E-state index in [0.717, 1.165) is 23.4 Å². The lowest BCUT2D eigenvalue weighted by atomic mass is 10.1. The minimum atomic E-state index is -0.200. The maximum absolute atomic E-state index is 13.1. The van der Waals surface area contributed by atoms with Gasteiger partial charge in [0.25, 0.3) is 0 Å². The molecule has 0 saturated carbocycles. The van der Waals surface area contributed by atoms with Crippen LogP contribution in [0.25, 0.3) is 0 Å². The van der Waals surface area contributed by atoms with Gasteiger partial charge in [-0.15, -0.1) is 0 Å². The third kappa shape index (κ3) is 3.93. The molecule has 19 heavy (non-hydrogen) atoms. The lowest BCUT2D eigenvalue weighted by Gasteiger charge is -2.16. The molecule has 0 radical (unpaired) electrons. The van der Waals surface area contributed by atoms with Gasteiger partial charge in [-0.2, -0.15) is 0 Å². The number of aryl methyl sites for hydroxylation is 1. The van der Waals surface area contributed by atoms with Crippen LogP contribution in [0.5, 0.6) is 0 Å². The predicted molar refractivity (Wildman–Crippen MR) is 77.2 cm³/mol. The first-order valence-corrected chi connectivity index (χ1v) is 6.56. The fraction of sp³-hybridized carbons (Fsp3) is 0.267. The number of pyridine rings is 1. The summed E-state index contributed by atoms with van der Waals surface area (Å²) in [7, 11) is 0. The van der Waals surface area contributed by atoms with Crippen molar-refractivity contribution in [2.45, 2.75) is 26.3 Å². The molecular weight excluding hydrogens is 263 g/mol. The van der Waals surface area contributed by atoms with Gasteiger partial charge in [0.15, 0.2) is 0 Å². The van der Waals surface area contributed by atoms with Gasteiger partial charge in [-0.25, -0.2) is 9.37 Å². The zero-order valence-corrected chi connectivity index (χ0v) is 11.7. The molecule has 1 N–H and O–H groups in total. The molecule has 1 aromatic heterocycles. The zero-order chi connectivity index (χ0) is 13.8. The summed E-state index contributed by atoms with van der Waals surface area (Å²) >= 11 is 5.82. The molecule has 0 aliphatic heterocycles. The highest BCUT2D eigenvalue weighted by Gasteiger charge is 2.07. The van der Waals surface area contributed by atoms with E-state index >= 15 is 0 Å². The van der Waals surface area contributed by atoms with Crippen LogP contribution in [0, 0.1) is 12.7 Å². The van der Waals surface area contributed by atoms with E-state index < -0.39 is 0 Å². The zero-order valence-electron chi connectivity index (χ0n) is 11.0. The molecule has 4 heteroatoms. The standard InChI is InChI=1S/C15H16ClFN2/c1-10(8-12-4-3-5-13(17)9-12)18-14-6-7-15(16)19-11(14)2/h3-7,9-10,18H,8H2,1-2H3. The smallest absolute Gasteiger partial charge is 0.129 e. The van der Waals surface area contributed by atoms with Crippen molar-refractivity contribution in [1.82, 2.24) is 4.98 Å². The van der Waals surface area contributed by atoms with Gasteiger partial charge in [0.2, 0.25) is 0 Å². The first-order valence-electron chi connectivity index (χ1n) is 6.19. The molecule has 1 unspecified atom stereocenters. The molecule has 0 fully saturated rings. The number of nitrogens with one attached hydrogen (secondary N) is 1. The molecule has 2 aromatic rings. The Morgan fingerprint density at radius 3 is 2.79 bits per heavy atom. The van der Waals surface area contributed by atoms with Crippen molar-refractivity contribution < 1.29 is 4.39 Å². The average molecular weight is 279 g/mol. The summed E-state index contributed by atoms with van der Waals surface area (Å²) in [6, 6.07) is 10.5. The number of hydrogen-bond donors (Lipinski definition) is 1. The van der Waals surface area contributed by atoms with Crippen LogP contribution in [0.4, 0.5) is 10.1 Å². The van der Waals surface area contributed by atoms with Crippen molar-refractivity contribution in [3.63, 3.8) is 0 Å². The van der Waals surface area contributed by atoms with E-state index in [2.05, 4.69) is 17.2 Å². The molecule has 0 aliphatic carbocycles. The lowest BCUT2D eigenvalue weighted by molar-refractivity contribution is 0.624. The molecule has 0 spiro atoms. The summed E-state index contributed by atoms with van der Waals surface area (Å²) in [4.78, 5) is 4.19. The molecule has 0 amide bonds. The summed E-state index contributed by atoms with van der Waals surface area (Å²) < 4.78 is 13.1. The van der Waals surface area contributed by atoms with E-state index in [-0.39, 0.29) is 11.9 Å². The van der Waals surface area contributed by atoms with Gasteiger partial charge in [0, 0.05) is 6.04 Å². The van der Waals surface area contributed by atoms with E-state index in [1.54, 1.807) is 18.2 Å². The Hall–Kier alpha value is -1.61.